The van der Waals surface area contributed by atoms with E-state index in [4.69, 9.17) is 9.47 Å². The highest BCUT2D eigenvalue weighted by atomic mass is 16.5. The maximum absolute atomic E-state index is 5.88. The number of aromatic nitrogens is 1. The Hall–Kier alpha value is -1.87. The molecule has 0 N–H and O–H groups in total. The molecule has 2 rings (SSSR count). The van der Waals surface area contributed by atoms with Crippen LogP contribution in [0.3, 0.4) is 0 Å². The molecular weight excluding hydrogens is 358 g/mol. The number of ether oxygens (including phenoxy) is 2. The molecule has 29 heavy (non-hydrogen) atoms. The SMILES string of the molecule is CCCCCCCCCOc1ccc(-c2ccc(CCCOCCC)cn2)cc1. The second-order valence-electron chi connectivity index (χ2n) is 7.76. The lowest BCUT2D eigenvalue weighted by Gasteiger charge is -2.08. The van der Waals surface area contributed by atoms with Gasteiger partial charge in [0.25, 0.3) is 0 Å². The molecular formula is C26H39NO2. The van der Waals surface area contributed by atoms with E-state index < -0.39 is 0 Å². The van der Waals surface area contributed by atoms with Gasteiger partial charge in [0, 0.05) is 25.0 Å². The first-order valence-corrected chi connectivity index (χ1v) is 11.6. The standard InChI is InChI=1S/C26H39NO2/c1-3-5-6-7-8-9-10-21-29-25-16-14-24(15-17-25)26-18-13-23(22-27-26)12-11-20-28-19-4-2/h13-18,22H,3-12,19-21H2,1-2H3. The van der Waals surface area contributed by atoms with Crippen molar-refractivity contribution in [2.75, 3.05) is 19.8 Å². The summed E-state index contributed by atoms with van der Waals surface area (Å²) >= 11 is 0. The molecule has 0 amide bonds. The first-order chi connectivity index (χ1) is 14.3. The van der Waals surface area contributed by atoms with Crippen LogP contribution in [0.5, 0.6) is 5.75 Å². The summed E-state index contributed by atoms with van der Waals surface area (Å²) in [6.07, 6.45) is 14.3. The molecule has 1 aromatic heterocycles. The average Bonchev–Trinajstić information content (AvgIpc) is 2.76. The van der Waals surface area contributed by atoms with Crippen molar-refractivity contribution in [2.45, 2.75) is 78.1 Å². The fraction of sp³-hybridized carbons (Fsp3) is 0.577. The van der Waals surface area contributed by atoms with Crippen LogP contribution in [-0.2, 0) is 11.2 Å². The Balaban J connectivity index is 1.67. The van der Waals surface area contributed by atoms with Gasteiger partial charge in [0.15, 0.2) is 0 Å². The van der Waals surface area contributed by atoms with E-state index in [-0.39, 0.29) is 0 Å². The third-order valence-electron chi connectivity index (χ3n) is 5.09. The van der Waals surface area contributed by atoms with Crippen molar-refractivity contribution in [3.8, 4) is 17.0 Å². The molecule has 1 heterocycles. The lowest BCUT2D eigenvalue weighted by atomic mass is 10.1. The van der Waals surface area contributed by atoms with E-state index in [1.54, 1.807) is 0 Å². The number of unbranched alkanes of at least 4 members (excludes halogenated alkanes) is 6. The number of pyridine rings is 1. The number of nitrogens with zero attached hydrogens (tertiary/aromatic N) is 1. The van der Waals surface area contributed by atoms with E-state index in [1.807, 2.05) is 6.20 Å². The molecule has 2 aromatic rings. The second-order valence-corrected chi connectivity index (χ2v) is 7.76. The first-order valence-electron chi connectivity index (χ1n) is 11.6. The molecule has 0 saturated heterocycles. The first kappa shape index (κ1) is 23.4. The summed E-state index contributed by atoms with van der Waals surface area (Å²) in [7, 11) is 0. The number of hydrogen-bond acceptors (Lipinski definition) is 3. The van der Waals surface area contributed by atoms with Crippen molar-refractivity contribution in [1.29, 1.82) is 0 Å². The average molecular weight is 398 g/mol. The van der Waals surface area contributed by atoms with Gasteiger partial charge in [-0.3, -0.25) is 4.98 Å². The van der Waals surface area contributed by atoms with Crippen LogP contribution in [0.1, 0.15) is 77.2 Å². The van der Waals surface area contributed by atoms with Crippen LogP contribution in [0.4, 0.5) is 0 Å². The fourth-order valence-electron chi connectivity index (χ4n) is 3.34. The second kappa shape index (κ2) is 15.0. The zero-order chi connectivity index (χ0) is 20.6. The molecule has 0 aliphatic carbocycles. The van der Waals surface area contributed by atoms with Crippen molar-refractivity contribution in [2.24, 2.45) is 0 Å². The Bertz CT molecular complexity index is 637. The van der Waals surface area contributed by atoms with Crippen LogP contribution >= 0.6 is 0 Å². The van der Waals surface area contributed by atoms with E-state index >= 15 is 0 Å². The van der Waals surface area contributed by atoms with Gasteiger partial charge in [0.1, 0.15) is 5.75 Å². The molecule has 3 heteroatoms. The van der Waals surface area contributed by atoms with Gasteiger partial charge in [0.2, 0.25) is 0 Å². The van der Waals surface area contributed by atoms with Crippen molar-refractivity contribution >= 4 is 0 Å². The number of hydrogen-bond donors (Lipinski definition) is 0. The molecule has 1 aromatic carbocycles. The van der Waals surface area contributed by atoms with Gasteiger partial charge in [-0.1, -0.05) is 58.4 Å². The van der Waals surface area contributed by atoms with Gasteiger partial charge in [0.05, 0.1) is 12.3 Å². The summed E-state index contributed by atoms with van der Waals surface area (Å²) in [5.74, 6) is 0.948. The number of aryl methyl sites for hydroxylation is 1. The van der Waals surface area contributed by atoms with Crippen LogP contribution in [0.15, 0.2) is 42.6 Å². The Labute approximate surface area is 177 Å². The van der Waals surface area contributed by atoms with E-state index in [0.717, 1.165) is 62.5 Å². The van der Waals surface area contributed by atoms with Crippen molar-refractivity contribution in [3.05, 3.63) is 48.2 Å². The minimum atomic E-state index is 0.808. The van der Waals surface area contributed by atoms with E-state index in [1.165, 1.54) is 44.1 Å². The highest BCUT2D eigenvalue weighted by molar-refractivity contribution is 5.60. The zero-order valence-corrected chi connectivity index (χ0v) is 18.5. The van der Waals surface area contributed by atoms with Gasteiger partial charge in [-0.2, -0.15) is 0 Å². The van der Waals surface area contributed by atoms with Crippen LogP contribution in [0.25, 0.3) is 11.3 Å². The lowest BCUT2D eigenvalue weighted by molar-refractivity contribution is 0.132. The number of benzene rings is 1. The molecule has 0 fully saturated rings. The lowest BCUT2D eigenvalue weighted by Crippen LogP contribution is -1.98. The summed E-state index contributed by atoms with van der Waals surface area (Å²) in [5.41, 5.74) is 3.41. The van der Waals surface area contributed by atoms with Gasteiger partial charge in [-0.25, -0.2) is 0 Å². The molecule has 0 radical (unpaired) electrons. The Morgan fingerprint density at radius 3 is 2.14 bits per heavy atom. The fourth-order valence-corrected chi connectivity index (χ4v) is 3.34. The van der Waals surface area contributed by atoms with Crippen LogP contribution in [0, 0.1) is 0 Å². The van der Waals surface area contributed by atoms with Crippen molar-refractivity contribution in [1.82, 2.24) is 4.98 Å². The summed E-state index contributed by atoms with van der Waals surface area (Å²) in [4.78, 5) is 4.63. The summed E-state index contributed by atoms with van der Waals surface area (Å²) in [6, 6.07) is 12.6. The molecule has 0 aliphatic heterocycles. The van der Waals surface area contributed by atoms with E-state index in [2.05, 4.69) is 55.2 Å². The molecule has 0 spiro atoms. The predicted octanol–water partition coefficient (Wildman–Crippen LogP) is 7.24. The van der Waals surface area contributed by atoms with E-state index in [9.17, 15) is 0 Å². The molecule has 0 saturated carbocycles. The van der Waals surface area contributed by atoms with Crippen LogP contribution in [0.2, 0.25) is 0 Å². The maximum atomic E-state index is 5.88. The quantitative estimate of drug-likeness (QED) is 0.280. The monoisotopic (exact) mass is 397 g/mol. The summed E-state index contributed by atoms with van der Waals surface area (Å²) in [6.45, 7) is 6.89. The third kappa shape index (κ3) is 9.94. The van der Waals surface area contributed by atoms with Gasteiger partial charge in [-0.05, 0) is 61.6 Å². The van der Waals surface area contributed by atoms with Gasteiger partial charge < -0.3 is 9.47 Å². The third-order valence-corrected chi connectivity index (χ3v) is 5.09. The number of rotatable bonds is 16. The maximum Gasteiger partial charge on any atom is 0.119 e. The van der Waals surface area contributed by atoms with Gasteiger partial charge in [-0.15, -0.1) is 0 Å². The molecule has 3 nitrogen and oxygen atoms in total. The smallest absolute Gasteiger partial charge is 0.119 e. The normalized spacial score (nSPS) is 11.0. The minimum absolute atomic E-state index is 0.808. The Morgan fingerprint density at radius 2 is 1.45 bits per heavy atom. The highest BCUT2D eigenvalue weighted by Gasteiger charge is 2.02. The van der Waals surface area contributed by atoms with E-state index in [0.29, 0.717) is 0 Å². The molecule has 160 valence electrons. The minimum Gasteiger partial charge on any atom is -0.494 e. The van der Waals surface area contributed by atoms with Crippen LogP contribution < -0.4 is 4.74 Å². The van der Waals surface area contributed by atoms with Gasteiger partial charge >= 0.3 is 0 Å². The summed E-state index contributed by atoms with van der Waals surface area (Å²) < 4.78 is 11.4. The molecule has 0 atom stereocenters. The van der Waals surface area contributed by atoms with Crippen molar-refractivity contribution in [3.63, 3.8) is 0 Å². The highest BCUT2D eigenvalue weighted by Crippen LogP contribution is 2.21. The Morgan fingerprint density at radius 1 is 0.690 bits per heavy atom. The molecule has 0 bridgehead atoms. The Kier molecular flexibility index (Phi) is 12.1. The van der Waals surface area contributed by atoms with Crippen molar-refractivity contribution < 1.29 is 9.47 Å². The summed E-state index contributed by atoms with van der Waals surface area (Å²) in [5, 5.41) is 0. The molecule has 0 aliphatic rings. The predicted molar refractivity (Wildman–Crippen MR) is 123 cm³/mol. The molecule has 0 unspecified atom stereocenters. The zero-order valence-electron chi connectivity index (χ0n) is 18.5. The largest absolute Gasteiger partial charge is 0.494 e. The van der Waals surface area contributed by atoms with Crippen LogP contribution in [-0.4, -0.2) is 24.8 Å². The topological polar surface area (TPSA) is 31.4 Å².